The molecule has 4 heteroatoms. The van der Waals surface area contributed by atoms with Gasteiger partial charge in [0.05, 0.1) is 6.10 Å². The summed E-state index contributed by atoms with van der Waals surface area (Å²) in [6, 6.07) is 12.2. The van der Waals surface area contributed by atoms with Crippen LogP contribution in [-0.4, -0.2) is 17.8 Å². The maximum Gasteiger partial charge on any atom is 0.126 e. The molecule has 1 fully saturated rings. The molecule has 2 N–H and O–H groups in total. The van der Waals surface area contributed by atoms with Gasteiger partial charge in [-0.2, -0.15) is 0 Å². The third-order valence-electron chi connectivity index (χ3n) is 5.22. The van der Waals surface area contributed by atoms with Crippen molar-refractivity contribution < 1.29 is 13.9 Å². The second kappa shape index (κ2) is 7.85. The van der Waals surface area contributed by atoms with Gasteiger partial charge in [-0.15, -0.1) is 0 Å². The third kappa shape index (κ3) is 4.68. The lowest BCUT2D eigenvalue weighted by atomic mass is 9.96. The van der Waals surface area contributed by atoms with E-state index in [1.54, 1.807) is 0 Å². The third-order valence-corrected chi connectivity index (χ3v) is 5.22. The molecule has 0 aliphatic heterocycles. The minimum absolute atomic E-state index is 0.0309. The Morgan fingerprint density at radius 3 is 2.38 bits per heavy atom. The van der Waals surface area contributed by atoms with Crippen LogP contribution < -0.4 is 5.32 Å². The Morgan fingerprint density at radius 2 is 1.77 bits per heavy atom. The molecule has 0 radical (unpaired) electrons. The molecule has 0 unspecified atom stereocenters. The first-order valence-corrected chi connectivity index (χ1v) is 9.36. The van der Waals surface area contributed by atoms with Crippen molar-refractivity contribution in [3.8, 4) is 0 Å². The summed E-state index contributed by atoms with van der Waals surface area (Å²) in [7, 11) is 0. The number of aliphatic hydroxyl groups is 1. The van der Waals surface area contributed by atoms with E-state index in [1.807, 2.05) is 0 Å². The lowest BCUT2D eigenvalue weighted by Gasteiger charge is -2.22. The Balaban J connectivity index is 1.54. The fourth-order valence-corrected chi connectivity index (χ4v) is 3.39. The molecule has 1 atom stereocenters. The number of halogens is 2. The molecule has 0 bridgehead atoms. The topological polar surface area (TPSA) is 32.3 Å². The van der Waals surface area contributed by atoms with Crippen LogP contribution in [0, 0.1) is 11.6 Å². The Hall–Kier alpha value is -1.78. The first-order chi connectivity index (χ1) is 12.4. The summed E-state index contributed by atoms with van der Waals surface area (Å²) in [5.41, 5.74) is 3.15. The van der Waals surface area contributed by atoms with Gasteiger partial charge < -0.3 is 10.4 Å². The molecule has 0 saturated heterocycles. The maximum atomic E-state index is 13.2. The van der Waals surface area contributed by atoms with Gasteiger partial charge in [0, 0.05) is 18.2 Å². The van der Waals surface area contributed by atoms with Crippen LogP contribution in [0.3, 0.4) is 0 Å². The molecule has 26 heavy (non-hydrogen) atoms. The number of hydrogen-bond donors (Lipinski definition) is 2. The quantitative estimate of drug-likeness (QED) is 0.718. The number of rotatable bonds is 8. The average Bonchev–Trinajstić information content (AvgIpc) is 3.39. The summed E-state index contributed by atoms with van der Waals surface area (Å²) in [6.45, 7) is 4.85. The van der Waals surface area contributed by atoms with E-state index in [9.17, 15) is 13.9 Å². The first-order valence-electron chi connectivity index (χ1n) is 9.36. The van der Waals surface area contributed by atoms with Gasteiger partial charge in [-0.25, -0.2) is 8.78 Å². The summed E-state index contributed by atoms with van der Waals surface area (Å²) < 4.78 is 26.5. The van der Waals surface area contributed by atoms with Crippen LogP contribution in [0.4, 0.5) is 8.78 Å². The molecule has 1 aliphatic carbocycles. The van der Waals surface area contributed by atoms with Crippen molar-refractivity contribution in [1.29, 1.82) is 0 Å². The summed E-state index contributed by atoms with van der Waals surface area (Å²) >= 11 is 0. The molecule has 2 nitrogen and oxygen atoms in total. The SMILES string of the molecule is CC(C)c1cccc(C2(NC[C@@H](O)CCc3cc(F)cc(F)c3)CC2)c1. The van der Waals surface area contributed by atoms with Crippen molar-refractivity contribution in [1.82, 2.24) is 5.32 Å². The van der Waals surface area contributed by atoms with Gasteiger partial charge in [0.15, 0.2) is 0 Å². The van der Waals surface area contributed by atoms with Crippen LogP contribution in [-0.2, 0) is 12.0 Å². The minimum Gasteiger partial charge on any atom is -0.392 e. The molecular formula is C22H27F2NO. The standard InChI is InChI=1S/C22H27F2NO/c1-15(2)17-4-3-5-18(12-17)22(8-9-22)25-14-21(26)7-6-16-10-19(23)13-20(24)11-16/h3-5,10-13,15,21,25-26H,6-9,14H2,1-2H3/t21-/m0/s1. The lowest BCUT2D eigenvalue weighted by Crippen LogP contribution is -2.36. The highest BCUT2D eigenvalue weighted by molar-refractivity contribution is 5.35. The van der Waals surface area contributed by atoms with E-state index in [0.29, 0.717) is 30.9 Å². The predicted octanol–water partition coefficient (Wildman–Crippen LogP) is 4.66. The van der Waals surface area contributed by atoms with E-state index in [2.05, 4.69) is 43.4 Å². The molecule has 0 spiro atoms. The van der Waals surface area contributed by atoms with Gasteiger partial charge in [-0.3, -0.25) is 0 Å². The van der Waals surface area contributed by atoms with Gasteiger partial charge in [0.25, 0.3) is 0 Å². The van der Waals surface area contributed by atoms with Crippen LogP contribution in [0.15, 0.2) is 42.5 Å². The Morgan fingerprint density at radius 1 is 1.08 bits per heavy atom. The molecular weight excluding hydrogens is 332 g/mol. The van der Waals surface area contributed by atoms with E-state index in [-0.39, 0.29) is 5.54 Å². The van der Waals surface area contributed by atoms with Gasteiger partial charge in [-0.05, 0) is 60.4 Å². The van der Waals surface area contributed by atoms with Gasteiger partial charge >= 0.3 is 0 Å². The van der Waals surface area contributed by atoms with Crippen molar-refractivity contribution in [2.45, 2.75) is 57.1 Å². The van der Waals surface area contributed by atoms with E-state index < -0.39 is 17.7 Å². The molecule has 0 aromatic heterocycles. The fourth-order valence-electron chi connectivity index (χ4n) is 3.39. The van der Waals surface area contributed by atoms with Crippen LogP contribution >= 0.6 is 0 Å². The second-order valence-electron chi connectivity index (χ2n) is 7.71. The van der Waals surface area contributed by atoms with Crippen molar-refractivity contribution in [3.63, 3.8) is 0 Å². The molecule has 2 aromatic rings. The van der Waals surface area contributed by atoms with Crippen molar-refractivity contribution in [2.24, 2.45) is 0 Å². The van der Waals surface area contributed by atoms with Gasteiger partial charge in [-0.1, -0.05) is 38.1 Å². The smallest absolute Gasteiger partial charge is 0.126 e. The van der Waals surface area contributed by atoms with Crippen LogP contribution in [0.1, 0.15) is 55.7 Å². The maximum absolute atomic E-state index is 13.2. The summed E-state index contributed by atoms with van der Waals surface area (Å²) in [5.74, 6) is -0.660. The summed E-state index contributed by atoms with van der Waals surface area (Å²) in [4.78, 5) is 0. The first kappa shape index (κ1) is 19.0. The molecule has 1 saturated carbocycles. The van der Waals surface area contributed by atoms with Crippen LogP contribution in [0.25, 0.3) is 0 Å². The van der Waals surface area contributed by atoms with Crippen molar-refractivity contribution in [2.75, 3.05) is 6.54 Å². The van der Waals surface area contributed by atoms with E-state index in [4.69, 9.17) is 0 Å². The number of aryl methyl sites for hydroxylation is 1. The van der Waals surface area contributed by atoms with Crippen molar-refractivity contribution in [3.05, 3.63) is 70.8 Å². The van der Waals surface area contributed by atoms with E-state index >= 15 is 0 Å². The molecule has 3 rings (SSSR count). The van der Waals surface area contributed by atoms with Crippen LogP contribution in [0.5, 0.6) is 0 Å². The van der Waals surface area contributed by atoms with Crippen molar-refractivity contribution >= 4 is 0 Å². The molecule has 0 amide bonds. The zero-order valence-corrected chi connectivity index (χ0v) is 15.4. The molecule has 140 valence electrons. The number of nitrogens with one attached hydrogen (secondary N) is 1. The zero-order valence-electron chi connectivity index (χ0n) is 15.4. The minimum atomic E-state index is -0.574. The average molecular weight is 359 g/mol. The van der Waals surface area contributed by atoms with E-state index in [0.717, 1.165) is 18.9 Å². The zero-order chi connectivity index (χ0) is 18.7. The lowest BCUT2D eigenvalue weighted by molar-refractivity contribution is 0.155. The van der Waals surface area contributed by atoms with Gasteiger partial charge in [0.1, 0.15) is 11.6 Å². The number of hydrogen-bond acceptors (Lipinski definition) is 2. The normalized spacial score (nSPS) is 16.7. The van der Waals surface area contributed by atoms with Crippen LogP contribution in [0.2, 0.25) is 0 Å². The highest BCUT2D eigenvalue weighted by Crippen LogP contribution is 2.46. The second-order valence-corrected chi connectivity index (χ2v) is 7.71. The summed E-state index contributed by atoms with van der Waals surface area (Å²) in [6.07, 6.45) is 2.50. The molecule has 0 heterocycles. The Kier molecular flexibility index (Phi) is 5.73. The number of benzene rings is 2. The monoisotopic (exact) mass is 359 g/mol. The molecule has 1 aliphatic rings. The summed E-state index contributed by atoms with van der Waals surface area (Å²) in [5, 5.41) is 13.8. The molecule has 2 aromatic carbocycles. The highest BCUT2D eigenvalue weighted by Gasteiger charge is 2.44. The van der Waals surface area contributed by atoms with E-state index in [1.165, 1.54) is 23.3 Å². The Bertz CT molecular complexity index is 735. The largest absolute Gasteiger partial charge is 0.392 e. The highest BCUT2D eigenvalue weighted by atomic mass is 19.1. The predicted molar refractivity (Wildman–Crippen MR) is 100 cm³/mol. The number of aliphatic hydroxyl groups excluding tert-OH is 1. The fraction of sp³-hybridized carbons (Fsp3) is 0.455. The van der Waals surface area contributed by atoms with Gasteiger partial charge in [0.2, 0.25) is 0 Å². The Labute approximate surface area is 154 Å².